The Morgan fingerprint density at radius 3 is 2.71 bits per heavy atom. The number of nitrogens with two attached hydrogens (primary N) is 1. The van der Waals surface area contributed by atoms with Crippen LogP contribution in [0.3, 0.4) is 0 Å². The molecule has 0 spiro atoms. The van der Waals surface area contributed by atoms with Gasteiger partial charge >= 0.3 is 0 Å². The van der Waals surface area contributed by atoms with Gasteiger partial charge in [-0.1, -0.05) is 23.2 Å². The van der Waals surface area contributed by atoms with Crippen molar-refractivity contribution in [1.29, 1.82) is 0 Å². The molecule has 0 amide bonds. The fraction of sp³-hybridized carbons (Fsp3) is 0.188. The number of anilines is 1. The molecule has 0 aliphatic heterocycles. The van der Waals surface area contributed by atoms with Crippen LogP contribution >= 0.6 is 23.2 Å². The Bertz CT molecular complexity index is 883. The Morgan fingerprint density at radius 2 is 2.00 bits per heavy atom. The lowest BCUT2D eigenvalue weighted by Gasteiger charge is -2.12. The summed E-state index contributed by atoms with van der Waals surface area (Å²) in [6, 6.07) is 6.23. The molecular weight excluding hydrogens is 359 g/mol. The molecule has 0 saturated heterocycles. The lowest BCUT2D eigenvalue weighted by molar-refractivity contribution is 0.140. The number of hydrogen-bond acceptors (Lipinski definition) is 3. The molecule has 0 bridgehead atoms. The number of nitrogen functional groups attached to an aromatic ring is 1. The van der Waals surface area contributed by atoms with Crippen LogP contribution in [-0.4, -0.2) is 16.2 Å². The number of ether oxygens (including phenoxy) is 1. The molecule has 3 rings (SSSR count). The first-order valence-electron chi connectivity index (χ1n) is 7.06. The first kappa shape index (κ1) is 16.8. The number of hydrogen-bond donors (Lipinski definition) is 1. The van der Waals surface area contributed by atoms with Crippen LogP contribution in [-0.2, 0) is 6.54 Å². The highest BCUT2D eigenvalue weighted by Crippen LogP contribution is 2.34. The molecule has 0 radical (unpaired) electrons. The van der Waals surface area contributed by atoms with Crippen molar-refractivity contribution >= 4 is 39.8 Å². The van der Waals surface area contributed by atoms with Crippen LogP contribution in [0.5, 0.6) is 5.75 Å². The van der Waals surface area contributed by atoms with Crippen LogP contribution in [0.1, 0.15) is 12.1 Å². The summed E-state index contributed by atoms with van der Waals surface area (Å²) in [5.41, 5.74) is 6.54. The van der Waals surface area contributed by atoms with Gasteiger partial charge in [0.1, 0.15) is 12.4 Å². The second-order valence-corrected chi connectivity index (χ2v) is 5.92. The monoisotopic (exact) mass is 371 g/mol. The van der Waals surface area contributed by atoms with Gasteiger partial charge in [-0.2, -0.15) is 0 Å². The second kappa shape index (κ2) is 6.83. The zero-order valence-electron chi connectivity index (χ0n) is 12.3. The quantitative estimate of drug-likeness (QED) is 0.646. The standard InChI is InChI=1S/C16H13Cl2F2N3O/c17-9-5-10(8-22-7-9)24-4-3-23-13-2-1-12(21)15(18)11(13)6-14(23)16(19)20/h1-2,5-8,16H,3-4,21H2. The van der Waals surface area contributed by atoms with Gasteiger partial charge in [-0.05, 0) is 18.2 Å². The van der Waals surface area contributed by atoms with Crippen molar-refractivity contribution < 1.29 is 13.5 Å². The Balaban J connectivity index is 1.87. The van der Waals surface area contributed by atoms with Crippen molar-refractivity contribution in [3.8, 4) is 5.75 Å². The lowest BCUT2D eigenvalue weighted by atomic mass is 10.2. The molecule has 126 valence electrons. The minimum atomic E-state index is -2.64. The molecule has 1 aromatic carbocycles. The van der Waals surface area contributed by atoms with Gasteiger partial charge in [0.15, 0.2) is 0 Å². The number of fused-ring (bicyclic) bond motifs is 1. The van der Waals surface area contributed by atoms with Gasteiger partial charge in [0.2, 0.25) is 0 Å². The van der Waals surface area contributed by atoms with E-state index in [4.69, 9.17) is 33.7 Å². The van der Waals surface area contributed by atoms with E-state index < -0.39 is 6.43 Å². The number of benzene rings is 1. The first-order chi connectivity index (χ1) is 11.5. The van der Waals surface area contributed by atoms with E-state index in [1.54, 1.807) is 18.2 Å². The van der Waals surface area contributed by atoms with E-state index in [1.807, 2.05) is 0 Å². The molecule has 2 N–H and O–H groups in total. The molecule has 0 saturated carbocycles. The maximum atomic E-state index is 13.3. The summed E-state index contributed by atoms with van der Waals surface area (Å²) in [5.74, 6) is 0.472. The molecule has 0 unspecified atom stereocenters. The third-order valence-corrected chi connectivity index (χ3v) is 4.20. The molecule has 4 nitrogen and oxygen atoms in total. The average Bonchev–Trinajstić information content (AvgIpc) is 2.91. The number of aromatic nitrogens is 2. The van der Waals surface area contributed by atoms with Crippen molar-refractivity contribution in [2.75, 3.05) is 12.3 Å². The van der Waals surface area contributed by atoms with E-state index in [9.17, 15) is 8.78 Å². The van der Waals surface area contributed by atoms with Crippen LogP contribution in [0.25, 0.3) is 10.9 Å². The molecule has 2 aromatic heterocycles. The normalized spacial score (nSPS) is 11.4. The van der Waals surface area contributed by atoms with E-state index in [1.165, 1.54) is 23.0 Å². The molecule has 8 heteroatoms. The van der Waals surface area contributed by atoms with Crippen molar-refractivity contribution in [1.82, 2.24) is 9.55 Å². The number of nitrogens with zero attached hydrogens (tertiary/aromatic N) is 2. The van der Waals surface area contributed by atoms with E-state index in [2.05, 4.69) is 4.98 Å². The summed E-state index contributed by atoms with van der Waals surface area (Å²) >= 11 is 12.0. The minimum Gasteiger partial charge on any atom is -0.490 e. The molecule has 24 heavy (non-hydrogen) atoms. The third-order valence-electron chi connectivity index (χ3n) is 3.57. The smallest absolute Gasteiger partial charge is 0.278 e. The van der Waals surface area contributed by atoms with Crippen LogP contribution in [0.15, 0.2) is 36.7 Å². The minimum absolute atomic E-state index is 0.134. The summed E-state index contributed by atoms with van der Waals surface area (Å²) in [7, 11) is 0. The second-order valence-electron chi connectivity index (χ2n) is 5.11. The fourth-order valence-corrected chi connectivity index (χ4v) is 2.87. The number of rotatable bonds is 5. The summed E-state index contributed by atoms with van der Waals surface area (Å²) in [5, 5.41) is 1.21. The van der Waals surface area contributed by atoms with Gasteiger partial charge in [-0.3, -0.25) is 4.98 Å². The molecule has 0 aliphatic carbocycles. The summed E-state index contributed by atoms with van der Waals surface area (Å²) in [6.45, 7) is 0.392. The topological polar surface area (TPSA) is 53.1 Å². The van der Waals surface area contributed by atoms with Gasteiger partial charge in [0, 0.05) is 17.6 Å². The summed E-state index contributed by atoms with van der Waals surface area (Å²) in [4.78, 5) is 3.90. The van der Waals surface area contributed by atoms with Crippen LogP contribution in [0.4, 0.5) is 14.5 Å². The maximum Gasteiger partial charge on any atom is 0.278 e. The zero-order valence-corrected chi connectivity index (χ0v) is 13.9. The Morgan fingerprint density at radius 1 is 1.21 bits per heavy atom. The van der Waals surface area contributed by atoms with E-state index in [0.29, 0.717) is 27.4 Å². The highest BCUT2D eigenvalue weighted by Gasteiger charge is 2.19. The molecule has 0 fully saturated rings. The molecule has 3 aromatic rings. The predicted octanol–water partition coefficient (Wildman–Crippen LogP) is 4.94. The van der Waals surface area contributed by atoms with E-state index >= 15 is 0 Å². The van der Waals surface area contributed by atoms with Gasteiger partial charge in [-0.25, -0.2) is 8.78 Å². The van der Waals surface area contributed by atoms with Crippen molar-refractivity contribution in [3.05, 3.63) is 52.4 Å². The van der Waals surface area contributed by atoms with Crippen molar-refractivity contribution in [2.24, 2.45) is 0 Å². The van der Waals surface area contributed by atoms with Gasteiger partial charge in [0.05, 0.1) is 39.7 Å². The Hall–Kier alpha value is -2.05. The molecular formula is C16H13Cl2F2N3O. The number of pyridine rings is 1. The molecule has 2 heterocycles. The highest BCUT2D eigenvalue weighted by molar-refractivity contribution is 6.38. The van der Waals surface area contributed by atoms with Crippen LogP contribution in [0.2, 0.25) is 10.0 Å². The third kappa shape index (κ3) is 3.25. The van der Waals surface area contributed by atoms with Crippen LogP contribution in [0, 0.1) is 0 Å². The highest BCUT2D eigenvalue weighted by atomic mass is 35.5. The SMILES string of the molecule is Nc1ccc2c(cc(C(F)F)n2CCOc2cncc(Cl)c2)c1Cl. The predicted molar refractivity (Wildman–Crippen MR) is 91.1 cm³/mol. The first-order valence-corrected chi connectivity index (χ1v) is 7.81. The summed E-state index contributed by atoms with van der Waals surface area (Å²) in [6.07, 6.45) is 0.350. The van der Waals surface area contributed by atoms with E-state index in [-0.39, 0.29) is 23.9 Å². The van der Waals surface area contributed by atoms with Gasteiger partial charge in [-0.15, -0.1) is 0 Å². The Labute approximate surface area is 146 Å². The Kier molecular flexibility index (Phi) is 4.78. The lowest BCUT2D eigenvalue weighted by Crippen LogP contribution is -2.11. The van der Waals surface area contributed by atoms with Crippen molar-refractivity contribution in [2.45, 2.75) is 13.0 Å². The zero-order chi connectivity index (χ0) is 17.3. The van der Waals surface area contributed by atoms with Gasteiger partial charge in [0.25, 0.3) is 6.43 Å². The van der Waals surface area contributed by atoms with Crippen molar-refractivity contribution in [3.63, 3.8) is 0 Å². The largest absolute Gasteiger partial charge is 0.490 e. The maximum absolute atomic E-state index is 13.3. The average molecular weight is 372 g/mol. The molecule has 0 atom stereocenters. The summed E-state index contributed by atoms with van der Waals surface area (Å²) < 4.78 is 33.7. The fourth-order valence-electron chi connectivity index (χ4n) is 2.49. The number of halogens is 4. The van der Waals surface area contributed by atoms with Gasteiger partial charge < -0.3 is 15.0 Å². The molecule has 0 aliphatic rings. The van der Waals surface area contributed by atoms with Crippen LogP contribution < -0.4 is 10.5 Å². The van der Waals surface area contributed by atoms with E-state index in [0.717, 1.165) is 0 Å². The number of alkyl halides is 2.